The molecule has 0 rings (SSSR count). The van der Waals surface area contributed by atoms with Gasteiger partial charge in [0, 0.05) is 13.1 Å². The van der Waals surface area contributed by atoms with Crippen LogP contribution in [0.1, 0.15) is 1.37 Å². The molecule has 7 heteroatoms. The normalized spacial score (nSPS) is 22.7. The van der Waals surface area contributed by atoms with Gasteiger partial charge in [0.1, 0.15) is 18.3 Å². The molecule has 0 aromatic rings. The molecule has 0 heterocycles. The second-order valence-electron chi connectivity index (χ2n) is 3.14. The average molecular weight is 226 g/mol. The van der Waals surface area contributed by atoms with Crippen LogP contribution in [0, 0.1) is 0 Å². The Morgan fingerprint density at radius 3 is 2.00 bits per heavy atom. The molecule has 5 atom stereocenters. The van der Waals surface area contributed by atoms with Crippen molar-refractivity contribution in [1.29, 1.82) is 0 Å². The lowest BCUT2D eigenvalue weighted by Crippen LogP contribution is -2.49. The van der Waals surface area contributed by atoms with E-state index in [2.05, 4.69) is 5.32 Å². The second kappa shape index (κ2) is 7.94. The zero-order valence-electron chi connectivity index (χ0n) is 9.19. The van der Waals surface area contributed by atoms with Crippen LogP contribution in [0.15, 0.2) is 0 Å². The Hall–Kier alpha value is -0.280. The fraction of sp³-hybridized carbons (Fsp3) is 1.00. The molecule has 0 aliphatic heterocycles. The summed E-state index contributed by atoms with van der Waals surface area (Å²) in [6.45, 7) is -2.32. The molecule has 0 spiro atoms. The standard InChI is InChI=1S/C8H19NO6/c10-2-1-9-3-5(12)7(14)8(15)6(13)4-11/h5-15H,1-4H2/t5-,6+,7+,8+/m0/s1/i2D/t2?,5-,6+,7+,8+. The van der Waals surface area contributed by atoms with E-state index >= 15 is 0 Å². The van der Waals surface area contributed by atoms with Crippen molar-refractivity contribution in [3.63, 3.8) is 0 Å². The lowest BCUT2D eigenvalue weighted by atomic mass is 10.0. The maximum atomic E-state index is 9.34. The molecule has 7 N–H and O–H groups in total. The summed E-state index contributed by atoms with van der Waals surface area (Å²) in [7, 11) is 0. The first kappa shape index (κ1) is 12.8. The van der Waals surface area contributed by atoms with Crippen LogP contribution in [0.2, 0.25) is 0 Å². The Morgan fingerprint density at radius 2 is 1.53 bits per heavy atom. The lowest BCUT2D eigenvalue weighted by molar-refractivity contribution is -0.114. The molecule has 7 nitrogen and oxygen atoms in total. The van der Waals surface area contributed by atoms with Crippen LogP contribution in [0.25, 0.3) is 0 Å². The van der Waals surface area contributed by atoms with Crippen LogP contribution >= 0.6 is 0 Å². The van der Waals surface area contributed by atoms with Crippen molar-refractivity contribution in [3.8, 4) is 0 Å². The third-order valence-electron chi connectivity index (χ3n) is 1.91. The molecule has 0 aliphatic rings. The fourth-order valence-electron chi connectivity index (χ4n) is 0.980. The highest BCUT2D eigenvalue weighted by atomic mass is 16.4. The highest BCUT2D eigenvalue weighted by Crippen LogP contribution is 2.04. The highest BCUT2D eigenvalue weighted by molar-refractivity contribution is 4.81. The smallest absolute Gasteiger partial charge is 0.111 e. The molecular formula is C8H19NO6. The molecular weight excluding hydrogens is 206 g/mol. The monoisotopic (exact) mass is 226 g/mol. The lowest BCUT2D eigenvalue weighted by Gasteiger charge is -2.25. The van der Waals surface area contributed by atoms with Gasteiger partial charge in [-0.3, -0.25) is 0 Å². The van der Waals surface area contributed by atoms with E-state index in [-0.39, 0.29) is 13.1 Å². The molecule has 0 fully saturated rings. The number of hydrogen-bond donors (Lipinski definition) is 7. The Bertz CT molecular complexity index is 184. The summed E-state index contributed by atoms with van der Waals surface area (Å²) in [5.74, 6) is 0. The third-order valence-corrected chi connectivity index (χ3v) is 1.91. The van der Waals surface area contributed by atoms with Crippen molar-refractivity contribution >= 4 is 0 Å². The van der Waals surface area contributed by atoms with Crippen molar-refractivity contribution in [2.75, 3.05) is 26.3 Å². The second-order valence-corrected chi connectivity index (χ2v) is 3.14. The first-order chi connectivity index (χ1) is 7.40. The van der Waals surface area contributed by atoms with Gasteiger partial charge in [0.2, 0.25) is 0 Å². The molecule has 92 valence electrons. The minimum Gasteiger partial charge on any atom is -0.395 e. The number of rotatable bonds is 8. The van der Waals surface area contributed by atoms with Gasteiger partial charge >= 0.3 is 0 Å². The van der Waals surface area contributed by atoms with Gasteiger partial charge < -0.3 is 36.0 Å². The SMILES string of the molecule is [2H]C(O)CNC[C@H](O)[C@@H](O)[C@H](O)[C@H](O)CO. The molecule has 0 aromatic heterocycles. The van der Waals surface area contributed by atoms with Crippen molar-refractivity contribution in [2.24, 2.45) is 0 Å². The number of aliphatic hydroxyl groups excluding tert-OH is 6. The van der Waals surface area contributed by atoms with Crippen LogP contribution in [0.4, 0.5) is 0 Å². The zero-order valence-corrected chi connectivity index (χ0v) is 8.19. The van der Waals surface area contributed by atoms with Crippen molar-refractivity contribution in [3.05, 3.63) is 0 Å². The van der Waals surface area contributed by atoms with Crippen molar-refractivity contribution in [2.45, 2.75) is 24.4 Å². The molecule has 0 saturated carbocycles. The van der Waals surface area contributed by atoms with Crippen LogP contribution in [0.3, 0.4) is 0 Å². The predicted molar refractivity (Wildman–Crippen MR) is 51.1 cm³/mol. The van der Waals surface area contributed by atoms with Crippen LogP contribution in [0.5, 0.6) is 0 Å². The van der Waals surface area contributed by atoms with Gasteiger partial charge in [-0.05, 0) is 0 Å². The number of hydrogen-bond acceptors (Lipinski definition) is 7. The van der Waals surface area contributed by atoms with Crippen molar-refractivity contribution < 1.29 is 32.0 Å². The average Bonchev–Trinajstić information content (AvgIpc) is 2.25. The van der Waals surface area contributed by atoms with Crippen LogP contribution in [-0.4, -0.2) is 81.3 Å². The Balaban J connectivity index is 3.92. The van der Waals surface area contributed by atoms with Gasteiger partial charge in [0.15, 0.2) is 0 Å². The first-order valence-corrected chi connectivity index (χ1v) is 4.54. The number of nitrogens with one attached hydrogen (secondary N) is 1. The quantitative estimate of drug-likeness (QED) is 0.224. The Morgan fingerprint density at radius 1 is 1.00 bits per heavy atom. The molecule has 0 aromatic carbocycles. The summed E-state index contributed by atoms with van der Waals surface area (Å²) in [6, 6.07) is 0. The largest absolute Gasteiger partial charge is 0.395 e. The van der Waals surface area contributed by atoms with Crippen LogP contribution in [-0.2, 0) is 0 Å². The summed E-state index contributed by atoms with van der Waals surface area (Å²) in [6.07, 6.45) is -6.21. The highest BCUT2D eigenvalue weighted by Gasteiger charge is 2.29. The first-order valence-electron chi connectivity index (χ1n) is 5.12. The van der Waals surface area contributed by atoms with Gasteiger partial charge in [-0.1, -0.05) is 0 Å². The molecule has 0 aliphatic carbocycles. The van der Waals surface area contributed by atoms with Gasteiger partial charge in [-0.2, -0.15) is 0 Å². The zero-order chi connectivity index (χ0) is 12.7. The molecule has 0 saturated heterocycles. The van der Waals surface area contributed by atoms with E-state index in [0.717, 1.165) is 0 Å². The topological polar surface area (TPSA) is 133 Å². The van der Waals surface area contributed by atoms with E-state index in [9.17, 15) is 15.3 Å². The van der Waals surface area contributed by atoms with E-state index in [1.807, 2.05) is 0 Å². The summed E-state index contributed by atoms with van der Waals surface area (Å²) >= 11 is 0. The summed E-state index contributed by atoms with van der Waals surface area (Å²) in [4.78, 5) is 0. The van der Waals surface area contributed by atoms with E-state index in [1.165, 1.54) is 0 Å². The minimum absolute atomic E-state index is 0.0948. The molecule has 0 bridgehead atoms. The van der Waals surface area contributed by atoms with Gasteiger partial charge in [-0.25, -0.2) is 0 Å². The summed E-state index contributed by atoms with van der Waals surface area (Å²) in [5.41, 5.74) is 0. The summed E-state index contributed by atoms with van der Waals surface area (Å²) in [5, 5.41) is 56.5. The maximum Gasteiger partial charge on any atom is 0.111 e. The number of aliphatic hydroxyl groups is 6. The van der Waals surface area contributed by atoms with E-state index in [0.29, 0.717) is 0 Å². The molecule has 1 unspecified atom stereocenters. The van der Waals surface area contributed by atoms with Crippen molar-refractivity contribution in [1.82, 2.24) is 5.32 Å². The Labute approximate surface area is 89.0 Å². The third kappa shape index (κ3) is 5.38. The predicted octanol–water partition coefficient (Wildman–Crippen LogP) is -4.00. The van der Waals surface area contributed by atoms with Crippen LogP contribution < -0.4 is 5.32 Å². The molecule has 15 heavy (non-hydrogen) atoms. The van der Waals surface area contributed by atoms with E-state index < -0.39 is 37.6 Å². The Kier molecular flexibility index (Phi) is 6.77. The van der Waals surface area contributed by atoms with E-state index in [1.54, 1.807) is 0 Å². The van der Waals surface area contributed by atoms with Gasteiger partial charge in [-0.15, -0.1) is 0 Å². The van der Waals surface area contributed by atoms with Gasteiger partial charge in [0.05, 0.1) is 20.7 Å². The summed E-state index contributed by atoms with van der Waals surface area (Å²) < 4.78 is 6.74. The molecule has 0 radical (unpaired) electrons. The minimum atomic E-state index is -1.66. The van der Waals surface area contributed by atoms with E-state index in [4.69, 9.17) is 16.7 Å². The van der Waals surface area contributed by atoms with Gasteiger partial charge in [0.25, 0.3) is 0 Å². The maximum absolute atomic E-state index is 9.34. The molecule has 0 amide bonds. The fourth-order valence-corrected chi connectivity index (χ4v) is 0.980.